The van der Waals surface area contributed by atoms with Gasteiger partial charge >= 0.3 is 24.1 Å². The SMILES string of the molecule is Cc1oc(-c2ccccc2)nc1CCOc1cccc(CN(CC(=O)O)C(=O)Oc2ccc(O)cc2)c1.Cc1oc(-c2ccccc2)nc1CCOc1cccc(CN(CC(=O)O)C(=O)Oc2ccc(OCc3ccccc3)cc2)c1. The highest BCUT2D eigenvalue weighted by molar-refractivity contribution is 5.79. The molecule has 2 heterocycles. The number of benzene rings is 7. The zero-order valence-corrected chi connectivity index (χ0v) is 44.4. The number of phenols is 1. The minimum Gasteiger partial charge on any atom is -0.508 e. The van der Waals surface area contributed by atoms with Crippen molar-refractivity contribution in [3.8, 4) is 57.4 Å². The summed E-state index contributed by atoms with van der Waals surface area (Å²) in [6.07, 6.45) is -0.529. The van der Waals surface area contributed by atoms with Crippen molar-refractivity contribution in [1.82, 2.24) is 19.8 Å². The van der Waals surface area contributed by atoms with Crippen molar-refractivity contribution in [3.05, 3.63) is 228 Å². The van der Waals surface area contributed by atoms with Crippen molar-refractivity contribution in [3.63, 3.8) is 0 Å². The molecule has 0 fully saturated rings. The van der Waals surface area contributed by atoms with Crippen molar-refractivity contribution >= 4 is 24.1 Å². The normalized spacial score (nSPS) is 10.6. The molecule has 0 saturated carbocycles. The molecule has 0 saturated heterocycles. The standard InChI is InChI=1S/C35H32N2O7.C28H26N2O7/c1-25-32(36-34(43-25)28-12-6-3-7-13-28)19-20-41-31-14-8-11-27(21-31)22-37(23-33(38)39)35(40)44-30-17-15-29(16-18-30)42-24-26-9-4-2-5-10-26;1-19-25(29-27(36-19)21-7-3-2-4-8-21)14-15-35-24-9-5-6-20(16-24)17-30(18-26(32)33)28(34)37-23-12-10-22(31)11-13-23/h2-18,21H,19-20,22-24H2,1H3,(H,38,39);2-13,16,31H,14-15,17-18H2,1H3,(H,32,33). The Morgan fingerprint density at radius 3 is 1.28 bits per heavy atom. The summed E-state index contributed by atoms with van der Waals surface area (Å²) in [5.74, 6) is 2.52. The maximum absolute atomic E-state index is 13.0. The summed E-state index contributed by atoms with van der Waals surface area (Å²) in [5, 5.41) is 28.1. The molecule has 0 spiro atoms. The molecule has 414 valence electrons. The van der Waals surface area contributed by atoms with E-state index in [0.29, 0.717) is 72.8 Å². The van der Waals surface area contributed by atoms with Gasteiger partial charge in [-0.15, -0.1) is 0 Å². The number of nitrogens with zero attached hydrogens (tertiary/aromatic N) is 4. The van der Waals surface area contributed by atoms with E-state index in [1.807, 2.05) is 105 Å². The van der Waals surface area contributed by atoms with Gasteiger partial charge < -0.3 is 47.8 Å². The summed E-state index contributed by atoms with van der Waals surface area (Å²) in [6, 6.07) is 55.5. The van der Waals surface area contributed by atoms with Crippen LogP contribution in [0.2, 0.25) is 0 Å². The van der Waals surface area contributed by atoms with Crippen molar-refractivity contribution in [2.75, 3.05) is 26.3 Å². The van der Waals surface area contributed by atoms with E-state index in [1.165, 1.54) is 24.3 Å². The number of rotatable bonds is 23. The molecule has 0 atom stereocenters. The second-order valence-corrected chi connectivity index (χ2v) is 18.2. The maximum atomic E-state index is 13.0. The zero-order valence-electron chi connectivity index (χ0n) is 44.4. The van der Waals surface area contributed by atoms with Gasteiger partial charge in [0.25, 0.3) is 0 Å². The van der Waals surface area contributed by atoms with Gasteiger partial charge in [-0.3, -0.25) is 19.4 Å². The molecule has 9 aromatic rings. The lowest BCUT2D eigenvalue weighted by Crippen LogP contribution is -2.37. The number of carbonyl (C=O) groups is 4. The number of hydrogen-bond acceptors (Lipinski definition) is 14. The predicted molar refractivity (Wildman–Crippen MR) is 298 cm³/mol. The zero-order chi connectivity index (χ0) is 56.9. The summed E-state index contributed by atoms with van der Waals surface area (Å²) in [5.41, 5.74) is 5.82. The number of oxazole rings is 2. The van der Waals surface area contributed by atoms with Crippen LogP contribution in [0.4, 0.5) is 9.59 Å². The summed E-state index contributed by atoms with van der Waals surface area (Å²) in [4.78, 5) is 59.8. The number of hydrogen-bond donors (Lipinski definition) is 3. The van der Waals surface area contributed by atoms with E-state index in [4.69, 9.17) is 32.5 Å². The number of aryl methyl sites for hydroxylation is 2. The first-order valence-electron chi connectivity index (χ1n) is 25.7. The first kappa shape index (κ1) is 56.8. The molecule has 0 bridgehead atoms. The number of ether oxygens (including phenoxy) is 5. The highest BCUT2D eigenvalue weighted by atomic mass is 16.6. The van der Waals surface area contributed by atoms with Crippen LogP contribution in [0, 0.1) is 13.8 Å². The molecule has 2 aromatic heterocycles. The number of carboxylic acid groups (broad SMARTS) is 2. The molecule has 3 N–H and O–H groups in total. The largest absolute Gasteiger partial charge is 0.508 e. The Balaban J connectivity index is 0.000000216. The Kier molecular flexibility index (Phi) is 19.9. The van der Waals surface area contributed by atoms with Gasteiger partial charge in [0, 0.05) is 37.1 Å². The van der Waals surface area contributed by atoms with Crippen LogP contribution in [-0.4, -0.2) is 85.5 Å². The van der Waals surface area contributed by atoms with Gasteiger partial charge in [-0.25, -0.2) is 19.6 Å². The van der Waals surface area contributed by atoms with Crippen LogP contribution in [0.5, 0.6) is 34.5 Å². The third-order valence-corrected chi connectivity index (χ3v) is 12.1. The Morgan fingerprint density at radius 2 is 0.852 bits per heavy atom. The second-order valence-electron chi connectivity index (χ2n) is 18.2. The minimum atomic E-state index is -1.17. The maximum Gasteiger partial charge on any atom is 0.416 e. The summed E-state index contributed by atoms with van der Waals surface area (Å²) < 4.78 is 40.0. The van der Waals surface area contributed by atoms with Gasteiger partial charge in [0.15, 0.2) is 0 Å². The van der Waals surface area contributed by atoms with Gasteiger partial charge in [0.05, 0.1) is 24.6 Å². The number of phenolic OH excluding ortho intramolecular Hbond substituents is 1. The molecular formula is C63H58N4O14. The van der Waals surface area contributed by atoms with Crippen molar-refractivity contribution in [1.29, 1.82) is 0 Å². The van der Waals surface area contributed by atoms with E-state index >= 15 is 0 Å². The third kappa shape index (κ3) is 17.6. The molecule has 81 heavy (non-hydrogen) atoms. The molecule has 7 aromatic carbocycles. The van der Waals surface area contributed by atoms with Gasteiger partial charge in [-0.1, -0.05) is 91.0 Å². The molecule has 0 aliphatic heterocycles. The highest BCUT2D eigenvalue weighted by Crippen LogP contribution is 2.26. The predicted octanol–water partition coefficient (Wildman–Crippen LogP) is 12.0. The summed E-state index contributed by atoms with van der Waals surface area (Å²) >= 11 is 0. The van der Waals surface area contributed by atoms with E-state index in [9.17, 15) is 34.5 Å². The van der Waals surface area contributed by atoms with E-state index in [-0.39, 0.29) is 30.3 Å². The third-order valence-electron chi connectivity index (χ3n) is 12.1. The van der Waals surface area contributed by atoms with E-state index < -0.39 is 37.2 Å². The lowest BCUT2D eigenvalue weighted by atomic mass is 10.2. The minimum absolute atomic E-state index is 0.00322. The van der Waals surface area contributed by atoms with Gasteiger partial charge in [-0.05, 0) is 128 Å². The number of carbonyl (C=O) groups excluding carboxylic acids is 2. The quantitative estimate of drug-likeness (QED) is 0.0540. The monoisotopic (exact) mass is 1090 g/mol. The molecule has 2 amide bonds. The number of carboxylic acids is 2. The lowest BCUT2D eigenvalue weighted by molar-refractivity contribution is -0.138. The molecule has 18 nitrogen and oxygen atoms in total. The smallest absolute Gasteiger partial charge is 0.416 e. The fourth-order valence-electron chi connectivity index (χ4n) is 8.05. The summed E-state index contributed by atoms with van der Waals surface area (Å²) in [7, 11) is 0. The van der Waals surface area contributed by atoms with Crippen molar-refractivity contribution < 1.29 is 67.0 Å². The Hall–Kier alpha value is -10.4. The molecule has 18 heteroatoms. The van der Waals surface area contributed by atoms with Crippen LogP contribution < -0.4 is 23.7 Å². The number of aliphatic carboxylic acids is 2. The van der Waals surface area contributed by atoms with Crippen LogP contribution in [0.3, 0.4) is 0 Å². The number of aromatic hydroxyl groups is 1. The Morgan fingerprint density at radius 1 is 0.457 bits per heavy atom. The summed E-state index contributed by atoms with van der Waals surface area (Å²) in [6.45, 7) is 3.80. The van der Waals surface area contributed by atoms with Crippen LogP contribution in [0.1, 0.15) is 39.6 Å². The first-order chi connectivity index (χ1) is 39.3. The molecule has 0 aliphatic rings. The Labute approximate surface area is 467 Å². The number of aromatic nitrogens is 2. The highest BCUT2D eigenvalue weighted by Gasteiger charge is 2.22. The topological polar surface area (TPSA) is 234 Å². The lowest BCUT2D eigenvalue weighted by Gasteiger charge is -2.20. The van der Waals surface area contributed by atoms with Crippen LogP contribution in [0.25, 0.3) is 22.9 Å². The molecule has 0 aliphatic carbocycles. The fraction of sp³-hybridized carbons (Fsp3) is 0.175. The number of amides is 2. The first-order valence-corrected chi connectivity index (χ1v) is 25.7. The second kappa shape index (κ2) is 28.3. The van der Waals surface area contributed by atoms with Gasteiger partial charge in [-0.2, -0.15) is 0 Å². The van der Waals surface area contributed by atoms with Crippen molar-refractivity contribution in [2.45, 2.75) is 46.4 Å². The molecular weight excluding hydrogens is 1040 g/mol. The Bertz CT molecular complexity index is 3480. The van der Waals surface area contributed by atoms with Crippen molar-refractivity contribution in [2.24, 2.45) is 0 Å². The van der Waals surface area contributed by atoms with Crippen LogP contribution >= 0.6 is 0 Å². The van der Waals surface area contributed by atoms with Gasteiger partial charge in [0.2, 0.25) is 11.8 Å². The van der Waals surface area contributed by atoms with Gasteiger partial charge in [0.1, 0.15) is 65.7 Å². The fourth-order valence-corrected chi connectivity index (χ4v) is 8.05. The van der Waals surface area contributed by atoms with Crippen LogP contribution in [0.15, 0.2) is 197 Å². The molecule has 9 rings (SSSR count). The van der Waals surface area contributed by atoms with E-state index in [2.05, 4.69) is 9.97 Å². The average Bonchev–Trinajstić information content (AvgIpc) is 4.15. The average molecular weight is 1100 g/mol. The molecule has 0 radical (unpaired) electrons. The van der Waals surface area contributed by atoms with E-state index in [1.54, 1.807) is 72.8 Å². The molecule has 0 unspecified atom stereocenters. The van der Waals surface area contributed by atoms with Crippen LogP contribution in [-0.2, 0) is 42.1 Å². The van der Waals surface area contributed by atoms with E-state index in [0.717, 1.165) is 49.4 Å².